The molecule has 2 aliphatic heterocycles. The highest BCUT2D eigenvalue weighted by Gasteiger charge is 2.24. The molecule has 0 saturated carbocycles. The van der Waals surface area contributed by atoms with Gasteiger partial charge in [0.15, 0.2) is 0 Å². The molecule has 1 fully saturated rings. The fourth-order valence-corrected chi connectivity index (χ4v) is 3.56. The Morgan fingerprint density at radius 2 is 1.93 bits per heavy atom. The molecule has 1 aromatic carbocycles. The van der Waals surface area contributed by atoms with Crippen molar-refractivity contribution in [3.05, 3.63) is 41.5 Å². The number of nitrogens with zero attached hydrogens (tertiary/aromatic N) is 1. The van der Waals surface area contributed by atoms with Crippen LogP contribution in [0.2, 0.25) is 0 Å². The van der Waals surface area contributed by atoms with E-state index in [2.05, 4.69) is 23.2 Å². The summed E-state index contributed by atoms with van der Waals surface area (Å²) in [5.74, 6) is -1.73. The summed E-state index contributed by atoms with van der Waals surface area (Å²) in [6.07, 6.45) is 5.56. The van der Waals surface area contributed by atoms with Crippen LogP contribution >= 0.6 is 0 Å². The van der Waals surface area contributed by atoms with Gasteiger partial charge in [-0.3, -0.25) is 9.69 Å². The molecule has 8 nitrogen and oxygen atoms in total. The molecule has 1 unspecified atom stereocenters. The third-order valence-electron chi connectivity index (χ3n) is 4.95. The fourth-order valence-electron chi connectivity index (χ4n) is 3.56. The Morgan fingerprint density at radius 1 is 1.21 bits per heavy atom. The highest BCUT2D eigenvalue weighted by molar-refractivity contribution is 5.97. The second kappa shape index (κ2) is 11.2. The van der Waals surface area contributed by atoms with Crippen molar-refractivity contribution in [3.63, 3.8) is 0 Å². The van der Waals surface area contributed by atoms with Crippen LogP contribution < -0.4 is 10.1 Å². The first-order valence-electron chi connectivity index (χ1n) is 9.83. The van der Waals surface area contributed by atoms with E-state index in [-0.39, 0.29) is 5.91 Å². The van der Waals surface area contributed by atoms with Crippen molar-refractivity contribution in [3.8, 4) is 5.75 Å². The van der Waals surface area contributed by atoms with Gasteiger partial charge in [-0.1, -0.05) is 19.1 Å². The second-order valence-corrected chi connectivity index (χ2v) is 6.89. The summed E-state index contributed by atoms with van der Waals surface area (Å²) in [7, 11) is 0. The lowest BCUT2D eigenvalue weighted by molar-refractivity contribution is -0.134. The van der Waals surface area contributed by atoms with E-state index < -0.39 is 11.9 Å². The maximum Gasteiger partial charge on any atom is 0.328 e. The Labute approximate surface area is 170 Å². The second-order valence-electron chi connectivity index (χ2n) is 6.89. The summed E-state index contributed by atoms with van der Waals surface area (Å²) in [6, 6.07) is 6.36. The molecule has 0 radical (unpaired) electrons. The number of rotatable bonds is 6. The molecule has 1 atom stereocenters. The minimum absolute atomic E-state index is 0.00305. The van der Waals surface area contributed by atoms with E-state index >= 15 is 0 Å². The van der Waals surface area contributed by atoms with Gasteiger partial charge in [-0.05, 0) is 50.4 Å². The average Bonchev–Trinajstić information content (AvgIpc) is 3.18. The minimum Gasteiger partial charge on any atom is -0.492 e. The number of aryl methyl sites for hydroxylation is 1. The summed E-state index contributed by atoms with van der Waals surface area (Å²) in [5, 5.41) is 18.7. The summed E-state index contributed by atoms with van der Waals surface area (Å²) in [6.45, 7) is 5.84. The van der Waals surface area contributed by atoms with Crippen LogP contribution in [0.3, 0.4) is 0 Å². The fraction of sp³-hybridized carbons (Fsp3) is 0.476. The monoisotopic (exact) mass is 404 g/mol. The minimum atomic E-state index is -1.26. The molecule has 0 aromatic heterocycles. The number of hydrogen-bond donors (Lipinski definition) is 3. The van der Waals surface area contributed by atoms with Crippen LogP contribution in [0.15, 0.2) is 30.4 Å². The molecule has 29 heavy (non-hydrogen) atoms. The Bertz CT molecular complexity index is 746. The highest BCUT2D eigenvalue weighted by Crippen LogP contribution is 2.28. The van der Waals surface area contributed by atoms with Gasteiger partial charge in [-0.2, -0.15) is 0 Å². The van der Waals surface area contributed by atoms with Crippen LogP contribution in [0.1, 0.15) is 42.1 Å². The number of amides is 1. The van der Waals surface area contributed by atoms with Crippen LogP contribution in [0.4, 0.5) is 0 Å². The number of carbonyl (C=O) groups excluding carboxylic acids is 1. The molecule has 0 bridgehead atoms. The smallest absolute Gasteiger partial charge is 0.328 e. The molecule has 3 rings (SSSR count). The number of likely N-dealkylation sites (tertiary alicyclic amines) is 1. The number of ether oxygens (including phenoxy) is 1. The van der Waals surface area contributed by atoms with Gasteiger partial charge in [0.1, 0.15) is 5.75 Å². The number of carboxylic acid groups (broad SMARTS) is 2. The van der Waals surface area contributed by atoms with Gasteiger partial charge in [0.2, 0.25) is 0 Å². The van der Waals surface area contributed by atoms with Crippen molar-refractivity contribution in [2.24, 2.45) is 0 Å². The average molecular weight is 404 g/mol. The third-order valence-corrected chi connectivity index (χ3v) is 4.95. The van der Waals surface area contributed by atoms with Crippen molar-refractivity contribution in [1.29, 1.82) is 0 Å². The zero-order valence-corrected chi connectivity index (χ0v) is 16.6. The van der Waals surface area contributed by atoms with E-state index in [9.17, 15) is 14.4 Å². The van der Waals surface area contributed by atoms with Crippen LogP contribution in [0.5, 0.6) is 5.75 Å². The van der Waals surface area contributed by atoms with E-state index in [1.165, 1.54) is 12.8 Å². The lowest BCUT2D eigenvalue weighted by Crippen LogP contribution is -2.40. The Kier molecular flexibility index (Phi) is 8.67. The molecule has 1 saturated heterocycles. The van der Waals surface area contributed by atoms with E-state index in [0.29, 0.717) is 30.4 Å². The molecule has 0 spiro atoms. The highest BCUT2D eigenvalue weighted by atomic mass is 16.5. The number of aliphatic carboxylic acids is 2. The number of likely N-dealkylation sites (N-methyl/N-ethyl adjacent to an activating group) is 1. The number of carboxylic acids is 2. The quantitative estimate of drug-likeness (QED) is 0.621. The number of carbonyl (C=O) groups is 3. The number of fused-ring (bicyclic) bond motifs is 1. The van der Waals surface area contributed by atoms with Gasteiger partial charge in [0.25, 0.3) is 5.91 Å². The van der Waals surface area contributed by atoms with Crippen molar-refractivity contribution >= 4 is 17.8 Å². The van der Waals surface area contributed by atoms with Crippen molar-refractivity contribution in [2.75, 3.05) is 26.2 Å². The van der Waals surface area contributed by atoms with E-state index in [1.54, 1.807) is 0 Å². The molecular formula is C21H28N2O6. The normalized spacial score (nSPS) is 18.3. The van der Waals surface area contributed by atoms with Crippen LogP contribution in [-0.4, -0.2) is 65.2 Å². The maximum atomic E-state index is 12.5. The van der Waals surface area contributed by atoms with Gasteiger partial charge in [0, 0.05) is 24.7 Å². The van der Waals surface area contributed by atoms with E-state index in [0.717, 1.165) is 43.8 Å². The molecule has 0 aliphatic carbocycles. The molecule has 1 amide bonds. The predicted octanol–water partition coefficient (Wildman–Crippen LogP) is 1.94. The van der Waals surface area contributed by atoms with E-state index in [1.807, 2.05) is 12.1 Å². The lowest BCUT2D eigenvalue weighted by Gasteiger charge is -2.24. The molecule has 3 N–H and O–H groups in total. The SMILES string of the molecule is CCN1CCCC1CNC(=O)c1cccc2c1OCCC2.O=C(O)C=CC(=O)O. The summed E-state index contributed by atoms with van der Waals surface area (Å²) in [5.41, 5.74) is 1.85. The van der Waals surface area contributed by atoms with Gasteiger partial charge < -0.3 is 20.3 Å². The predicted molar refractivity (Wildman–Crippen MR) is 107 cm³/mol. The molecule has 2 aliphatic rings. The molecule has 8 heteroatoms. The van der Waals surface area contributed by atoms with Crippen molar-refractivity contribution < 1.29 is 29.3 Å². The van der Waals surface area contributed by atoms with Gasteiger partial charge >= 0.3 is 11.9 Å². The summed E-state index contributed by atoms with van der Waals surface area (Å²) in [4.78, 5) is 34.0. The Balaban J connectivity index is 0.000000321. The number of para-hydroxylation sites is 1. The van der Waals surface area contributed by atoms with Crippen molar-refractivity contribution in [1.82, 2.24) is 10.2 Å². The van der Waals surface area contributed by atoms with Gasteiger partial charge in [0.05, 0.1) is 12.2 Å². The third kappa shape index (κ3) is 6.90. The first-order chi connectivity index (χ1) is 13.9. The van der Waals surface area contributed by atoms with Gasteiger partial charge in [-0.25, -0.2) is 9.59 Å². The summed E-state index contributed by atoms with van der Waals surface area (Å²) < 4.78 is 5.72. The number of nitrogens with one attached hydrogen (secondary N) is 1. The number of benzene rings is 1. The zero-order chi connectivity index (χ0) is 21.2. The topological polar surface area (TPSA) is 116 Å². The Morgan fingerprint density at radius 3 is 2.59 bits per heavy atom. The van der Waals surface area contributed by atoms with E-state index in [4.69, 9.17) is 14.9 Å². The molecule has 158 valence electrons. The first kappa shape index (κ1) is 22.4. The molecule has 1 aromatic rings. The lowest BCUT2D eigenvalue weighted by atomic mass is 10.0. The van der Waals surface area contributed by atoms with Crippen LogP contribution in [0.25, 0.3) is 0 Å². The number of hydrogen-bond acceptors (Lipinski definition) is 5. The summed E-state index contributed by atoms with van der Waals surface area (Å²) >= 11 is 0. The van der Waals surface area contributed by atoms with Crippen LogP contribution in [0, 0.1) is 0 Å². The largest absolute Gasteiger partial charge is 0.492 e. The maximum absolute atomic E-state index is 12.5. The zero-order valence-electron chi connectivity index (χ0n) is 16.6. The first-order valence-corrected chi connectivity index (χ1v) is 9.83. The standard InChI is InChI=1S/C17H24N2O2.C4H4O4/c1-2-19-10-4-8-14(19)12-18-17(20)15-9-3-6-13-7-5-11-21-16(13)15;5-3(6)1-2-4(7)8/h3,6,9,14H,2,4-5,7-8,10-12H2,1H3,(H,18,20);1-2H,(H,5,6)(H,7,8). The van der Waals surface area contributed by atoms with Gasteiger partial charge in [-0.15, -0.1) is 0 Å². The molecule has 2 heterocycles. The van der Waals surface area contributed by atoms with Crippen LogP contribution in [-0.2, 0) is 16.0 Å². The molecular weight excluding hydrogens is 376 g/mol. The Hall–Kier alpha value is -2.87. The van der Waals surface area contributed by atoms with Crippen molar-refractivity contribution in [2.45, 2.75) is 38.6 Å².